The lowest BCUT2D eigenvalue weighted by Crippen LogP contribution is -2.52. The van der Waals surface area contributed by atoms with Gasteiger partial charge in [0.15, 0.2) is 0 Å². The Morgan fingerprint density at radius 2 is 1.92 bits per heavy atom. The first-order valence-electron chi connectivity index (χ1n) is 10.3. The minimum atomic E-state index is -0.584. The van der Waals surface area contributed by atoms with Gasteiger partial charge in [-0.3, -0.25) is 4.79 Å². The molecule has 0 aromatic carbocycles. The van der Waals surface area contributed by atoms with Gasteiger partial charge in [0.1, 0.15) is 0 Å². The van der Waals surface area contributed by atoms with Gasteiger partial charge >= 0.3 is 0 Å². The molecule has 4 atom stereocenters. The molecule has 2 aliphatic carbocycles. The SMILES string of the molecule is COCCNC(=O)CCC12CCC(C)(O)CC1C(C)(C)CC2NC(C)C. The summed E-state index contributed by atoms with van der Waals surface area (Å²) in [6.45, 7) is 12.2. The second kappa shape index (κ2) is 8.15. The van der Waals surface area contributed by atoms with Gasteiger partial charge in [-0.2, -0.15) is 0 Å². The zero-order chi connectivity index (χ0) is 19.6. The first-order chi connectivity index (χ1) is 12.0. The van der Waals surface area contributed by atoms with Crippen LogP contribution in [-0.4, -0.2) is 49.0 Å². The normalized spacial score (nSPS) is 36.2. The average Bonchev–Trinajstić information content (AvgIpc) is 2.72. The van der Waals surface area contributed by atoms with E-state index < -0.39 is 5.60 Å². The van der Waals surface area contributed by atoms with Crippen LogP contribution in [-0.2, 0) is 9.53 Å². The Labute approximate surface area is 159 Å². The highest BCUT2D eigenvalue weighted by atomic mass is 16.5. The summed E-state index contributed by atoms with van der Waals surface area (Å²) in [7, 11) is 1.65. The molecule has 0 heterocycles. The van der Waals surface area contributed by atoms with Crippen molar-refractivity contribution in [1.29, 1.82) is 0 Å². The number of rotatable bonds is 8. The molecule has 0 aromatic heterocycles. The van der Waals surface area contributed by atoms with E-state index in [1.807, 2.05) is 6.92 Å². The maximum Gasteiger partial charge on any atom is 0.220 e. The molecule has 0 saturated heterocycles. The zero-order valence-electron chi connectivity index (χ0n) is 17.7. The summed E-state index contributed by atoms with van der Waals surface area (Å²) >= 11 is 0. The summed E-state index contributed by atoms with van der Waals surface area (Å²) < 4.78 is 5.01. The smallest absolute Gasteiger partial charge is 0.220 e. The van der Waals surface area contributed by atoms with Crippen molar-refractivity contribution in [1.82, 2.24) is 10.6 Å². The third kappa shape index (κ3) is 4.79. The van der Waals surface area contributed by atoms with Crippen LogP contribution in [0, 0.1) is 16.7 Å². The van der Waals surface area contributed by atoms with Crippen LogP contribution in [0.5, 0.6) is 0 Å². The fourth-order valence-electron chi connectivity index (χ4n) is 5.59. The Morgan fingerprint density at radius 1 is 1.23 bits per heavy atom. The van der Waals surface area contributed by atoms with Gasteiger partial charge in [-0.25, -0.2) is 0 Å². The van der Waals surface area contributed by atoms with Crippen LogP contribution in [0.1, 0.15) is 73.1 Å². The number of ether oxygens (including phenoxy) is 1. The van der Waals surface area contributed by atoms with Crippen LogP contribution in [0.2, 0.25) is 0 Å². The molecule has 3 N–H and O–H groups in total. The van der Waals surface area contributed by atoms with Crippen molar-refractivity contribution in [3.8, 4) is 0 Å². The van der Waals surface area contributed by atoms with E-state index in [1.54, 1.807) is 7.11 Å². The average molecular weight is 369 g/mol. The van der Waals surface area contributed by atoms with Gasteiger partial charge in [-0.1, -0.05) is 27.7 Å². The molecule has 0 aliphatic heterocycles. The maximum absolute atomic E-state index is 12.3. The summed E-state index contributed by atoms with van der Waals surface area (Å²) in [4.78, 5) is 12.3. The topological polar surface area (TPSA) is 70.6 Å². The van der Waals surface area contributed by atoms with Crippen molar-refractivity contribution in [2.45, 2.75) is 90.8 Å². The second-order valence-corrected chi connectivity index (χ2v) is 9.90. The molecule has 0 spiro atoms. The molecule has 5 heteroatoms. The van der Waals surface area contributed by atoms with E-state index in [9.17, 15) is 9.90 Å². The van der Waals surface area contributed by atoms with Gasteiger partial charge in [-0.15, -0.1) is 0 Å². The lowest BCUT2D eigenvalue weighted by Gasteiger charge is -2.51. The number of hydrogen-bond acceptors (Lipinski definition) is 4. The number of amides is 1. The molecule has 26 heavy (non-hydrogen) atoms. The number of carbonyl (C=O) groups is 1. The lowest BCUT2D eigenvalue weighted by molar-refractivity contribution is -0.123. The standard InChI is InChI=1S/C21H40N2O3/c1-15(2)23-17-14-19(3,4)16-13-20(5,25)9-10-21(16,17)8-7-18(24)22-11-12-26-6/h15-17,23,25H,7-14H2,1-6H3,(H,22,24). The third-order valence-corrected chi connectivity index (χ3v) is 6.81. The Balaban J connectivity index is 2.17. The quantitative estimate of drug-likeness (QED) is 0.576. The number of hydrogen-bond donors (Lipinski definition) is 3. The molecule has 5 nitrogen and oxygen atoms in total. The minimum Gasteiger partial charge on any atom is -0.390 e. The zero-order valence-corrected chi connectivity index (χ0v) is 17.7. The molecule has 2 fully saturated rings. The number of fused-ring (bicyclic) bond motifs is 1. The third-order valence-electron chi connectivity index (χ3n) is 6.81. The van der Waals surface area contributed by atoms with Gasteiger partial charge in [-0.05, 0) is 55.8 Å². The number of nitrogens with one attached hydrogen (secondary N) is 2. The number of aliphatic hydroxyl groups is 1. The molecule has 152 valence electrons. The molecular formula is C21H40N2O3. The van der Waals surface area contributed by atoms with E-state index in [4.69, 9.17) is 4.74 Å². The Bertz CT molecular complexity index is 490. The molecule has 2 aliphatic rings. The van der Waals surface area contributed by atoms with E-state index in [1.165, 1.54) is 0 Å². The Morgan fingerprint density at radius 3 is 2.54 bits per heavy atom. The van der Waals surface area contributed by atoms with Gasteiger partial charge in [0.2, 0.25) is 5.91 Å². The van der Waals surface area contributed by atoms with E-state index in [0.717, 1.165) is 32.1 Å². The number of methoxy groups -OCH3 is 1. The lowest BCUT2D eigenvalue weighted by atomic mass is 9.57. The molecule has 2 saturated carbocycles. The van der Waals surface area contributed by atoms with Crippen molar-refractivity contribution < 1.29 is 14.6 Å². The fourth-order valence-corrected chi connectivity index (χ4v) is 5.59. The second-order valence-electron chi connectivity index (χ2n) is 9.90. The first kappa shape index (κ1) is 21.6. The van der Waals surface area contributed by atoms with Crippen LogP contribution in [0.15, 0.2) is 0 Å². The summed E-state index contributed by atoms with van der Waals surface area (Å²) in [5, 5.41) is 17.5. The van der Waals surface area contributed by atoms with Crippen molar-refractivity contribution in [2.24, 2.45) is 16.7 Å². The molecular weight excluding hydrogens is 328 g/mol. The van der Waals surface area contributed by atoms with Gasteiger partial charge in [0, 0.05) is 32.2 Å². The van der Waals surface area contributed by atoms with Gasteiger partial charge in [0.25, 0.3) is 0 Å². The molecule has 4 unspecified atom stereocenters. The molecule has 1 amide bonds. The predicted molar refractivity (Wildman–Crippen MR) is 105 cm³/mol. The fraction of sp³-hybridized carbons (Fsp3) is 0.952. The highest BCUT2D eigenvalue weighted by Crippen LogP contribution is 2.63. The van der Waals surface area contributed by atoms with E-state index in [-0.39, 0.29) is 16.7 Å². The van der Waals surface area contributed by atoms with E-state index in [0.29, 0.717) is 37.6 Å². The summed E-state index contributed by atoms with van der Waals surface area (Å²) in [5.74, 6) is 0.544. The van der Waals surface area contributed by atoms with Crippen LogP contribution >= 0.6 is 0 Å². The first-order valence-corrected chi connectivity index (χ1v) is 10.3. The highest BCUT2D eigenvalue weighted by Gasteiger charge is 2.61. The molecule has 0 aromatic rings. The van der Waals surface area contributed by atoms with Crippen LogP contribution in [0.3, 0.4) is 0 Å². The molecule has 2 rings (SSSR count). The largest absolute Gasteiger partial charge is 0.390 e. The molecule has 0 radical (unpaired) electrons. The summed E-state index contributed by atoms with van der Waals surface area (Å²) in [6.07, 6.45) is 5.19. The van der Waals surface area contributed by atoms with Gasteiger partial charge < -0.3 is 20.5 Å². The van der Waals surface area contributed by atoms with Crippen molar-refractivity contribution >= 4 is 5.91 Å². The van der Waals surface area contributed by atoms with Crippen molar-refractivity contribution in [3.63, 3.8) is 0 Å². The predicted octanol–water partition coefficient (Wildman–Crippen LogP) is 2.86. The van der Waals surface area contributed by atoms with Crippen molar-refractivity contribution in [2.75, 3.05) is 20.3 Å². The Hall–Kier alpha value is -0.650. The monoisotopic (exact) mass is 368 g/mol. The van der Waals surface area contributed by atoms with E-state index >= 15 is 0 Å². The summed E-state index contributed by atoms with van der Waals surface area (Å²) in [6, 6.07) is 0.828. The Kier molecular flexibility index (Phi) is 6.79. The van der Waals surface area contributed by atoms with Crippen LogP contribution < -0.4 is 10.6 Å². The van der Waals surface area contributed by atoms with Crippen LogP contribution in [0.25, 0.3) is 0 Å². The van der Waals surface area contributed by atoms with Crippen LogP contribution in [0.4, 0.5) is 0 Å². The summed E-state index contributed by atoms with van der Waals surface area (Å²) in [5.41, 5.74) is -0.322. The van der Waals surface area contributed by atoms with E-state index in [2.05, 4.69) is 38.3 Å². The highest BCUT2D eigenvalue weighted by molar-refractivity contribution is 5.75. The van der Waals surface area contributed by atoms with Crippen molar-refractivity contribution in [3.05, 3.63) is 0 Å². The maximum atomic E-state index is 12.3. The molecule has 0 bridgehead atoms. The van der Waals surface area contributed by atoms with Gasteiger partial charge in [0.05, 0.1) is 12.2 Å². The number of carbonyl (C=O) groups excluding carboxylic acids is 1. The minimum absolute atomic E-state index is 0.0919.